The molecule has 2 aliphatic rings. The molecule has 2 saturated heterocycles. The number of hydrogen-bond acceptors (Lipinski definition) is 6. The molecule has 0 bridgehead atoms. The lowest BCUT2D eigenvalue weighted by molar-refractivity contribution is -0.121. The van der Waals surface area contributed by atoms with Gasteiger partial charge >= 0.3 is 0 Å². The Bertz CT molecular complexity index is 496. The van der Waals surface area contributed by atoms with Crippen molar-refractivity contribution in [3.8, 4) is 0 Å². The highest BCUT2D eigenvalue weighted by molar-refractivity contribution is 5.86. The second-order valence-corrected chi connectivity index (χ2v) is 6.22. The maximum atomic E-state index is 11.9. The second-order valence-electron chi connectivity index (χ2n) is 6.22. The molecular formula is C16H29Cl3N6O. The van der Waals surface area contributed by atoms with Crippen LogP contribution in [0.3, 0.4) is 0 Å². The molecular weight excluding hydrogens is 399 g/mol. The molecule has 2 aliphatic heterocycles. The topological polar surface area (TPSA) is 73.4 Å². The van der Waals surface area contributed by atoms with Crippen molar-refractivity contribution in [3.63, 3.8) is 0 Å². The molecule has 1 amide bonds. The Morgan fingerprint density at radius 3 is 2.46 bits per heavy atom. The van der Waals surface area contributed by atoms with Crippen molar-refractivity contribution >= 4 is 49.1 Å². The van der Waals surface area contributed by atoms with Crippen LogP contribution in [0.2, 0.25) is 0 Å². The van der Waals surface area contributed by atoms with E-state index < -0.39 is 0 Å². The first-order chi connectivity index (χ1) is 11.3. The van der Waals surface area contributed by atoms with Crippen LogP contribution in [-0.2, 0) is 4.79 Å². The number of nitrogens with one attached hydrogen (secondary N) is 2. The lowest BCUT2D eigenvalue weighted by atomic mass is 10.1. The van der Waals surface area contributed by atoms with E-state index in [0.29, 0.717) is 12.5 Å². The van der Waals surface area contributed by atoms with Gasteiger partial charge in [0.05, 0.1) is 0 Å². The number of nitrogens with zero attached hydrogens (tertiary/aromatic N) is 4. The normalized spacial score (nSPS) is 19.7. The summed E-state index contributed by atoms with van der Waals surface area (Å²) in [5, 5.41) is 6.40. The Morgan fingerprint density at radius 1 is 1.15 bits per heavy atom. The van der Waals surface area contributed by atoms with Crippen molar-refractivity contribution in [1.29, 1.82) is 0 Å². The van der Waals surface area contributed by atoms with Gasteiger partial charge in [0.2, 0.25) is 11.9 Å². The second kappa shape index (κ2) is 13.3. The largest absolute Gasteiger partial charge is 0.355 e. The van der Waals surface area contributed by atoms with Crippen molar-refractivity contribution in [2.75, 3.05) is 50.7 Å². The molecule has 3 heterocycles. The van der Waals surface area contributed by atoms with E-state index in [-0.39, 0.29) is 43.1 Å². The highest BCUT2D eigenvalue weighted by Crippen LogP contribution is 2.10. The first-order valence-corrected chi connectivity index (χ1v) is 8.55. The van der Waals surface area contributed by atoms with Gasteiger partial charge in [0.1, 0.15) is 0 Å². The minimum Gasteiger partial charge on any atom is -0.355 e. The Hall–Kier alpha value is -0.860. The van der Waals surface area contributed by atoms with Gasteiger partial charge in [-0.25, -0.2) is 9.97 Å². The first kappa shape index (κ1) is 25.1. The van der Waals surface area contributed by atoms with Gasteiger partial charge in [0.15, 0.2) is 0 Å². The molecule has 0 spiro atoms. The van der Waals surface area contributed by atoms with Crippen LogP contribution >= 0.6 is 37.2 Å². The fourth-order valence-electron chi connectivity index (χ4n) is 3.21. The molecule has 26 heavy (non-hydrogen) atoms. The van der Waals surface area contributed by atoms with Crippen LogP contribution < -0.4 is 15.5 Å². The van der Waals surface area contributed by atoms with Gasteiger partial charge < -0.3 is 15.5 Å². The monoisotopic (exact) mass is 426 g/mol. The van der Waals surface area contributed by atoms with Crippen molar-refractivity contribution < 1.29 is 4.79 Å². The number of anilines is 1. The van der Waals surface area contributed by atoms with Crippen LogP contribution in [0.15, 0.2) is 18.5 Å². The van der Waals surface area contributed by atoms with Crippen LogP contribution in [0.25, 0.3) is 0 Å². The Morgan fingerprint density at radius 2 is 1.85 bits per heavy atom. The molecule has 0 aromatic carbocycles. The molecule has 2 N–H and O–H groups in total. The molecule has 150 valence electrons. The highest BCUT2D eigenvalue weighted by atomic mass is 35.5. The molecule has 1 atom stereocenters. The van der Waals surface area contributed by atoms with Crippen LogP contribution in [-0.4, -0.2) is 72.6 Å². The fraction of sp³-hybridized carbons (Fsp3) is 0.688. The minimum absolute atomic E-state index is 0. The predicted molar refractivity (Wildman–Crippen MR) is 111 cm³/mol. The van der Waals surface area contributed by atoms with Crippen LogP contribution in [0.5, 0.6) is 0 Å². The molecule has 1 unspecified atom stereocenters. The third kappa shape index (κ3) is 7.80. The average Bonchev–Trinajstić information content (AvgIpc) is 3.09. The maximum absolute atomic E-state index is 11.9. The van der Waals surface area contributed by atoms with Gasteiger partial charge in [-0.2, -0.15) is 0 Å². The minimum atomic E-state index is 0. The van der Waals surface area contributed by atoms with Crippen LogP contribution in [0.4, 0.5) is 5.95 Å². The molecule has 10 heteroatoms. The van der Waals surface area contributed by atoms with E-state index in [0.717, 1.165) is 58.2 Å². The van der Waals surface area contributed by atoms with Gasteiger partial charge in [-0.1, -0.05) is 0 Å². The zero-order chi connectivity index (χ0) is 15.9. The zero-order valence-corrected chi connectivity index (χ0v) is 17.3. The number of hydrogen-bond donors (Lipinski definition) is 2. The Balaban J connectivity index is 0.00000208. The molecule has 0 aliphatic carbocycles. The standard InChI is InChI=1S/C16H26N6O.3ClH/c23-15(13-14-3-1-4-17-14)18-7-8-21-9-11-22(12-10-21)16-19-5-2-6-20-16;;;/h2,5-6,14,17H,1,3-4,7-13H2,(H,18,23);3*1H. The summed E-state index contributed by atoms with van der Waals surface area (Å²) in [6.07, 6.45) is 6.48. The highest BCUT2D eigenvalue weighted by Gasteiger charge is 2.19. The average molecular weight is 428 g/mol. The van der Waals surface area contributed by atoms with Crippen LogP contribution in [0, 0.1) is 0 Å². The quantitative estimate of drug-likeness (QED) is 0.709. The van der Waals surface area contributed by atoms with E-state index in [2.05, 4.69) is 30.4 Å². The number of halogens is 3. The molecule has 1 aromatic rings. The summed E-state index contributed by atoms with van der Waals surface area (Å²) in [6, 6.07) is 2.22. The lowest BCUT2D eigenvalue weighted by Gasteiger charge is -2.34. The number of aromatic nitrogens is 2. The van der Waals surface area contributed by atoms with Crippen molar-refractivity contribution in [3.05, 3.63) is 18.5 Å². The van der Waals surface area contributed by atoms with E-state index in [1.54, 1.807) is 12.4 Å². The summed E-state index contributed by atoms with van der Waals surface area (Å²) < 4.78 is 0. The molecule has 1 aromatic heterocycles. The third-order valence-corrected chi connectivity index (χ3v) is 4.55. The summed E-state index contributed by atoms with van der Waals surface area (Å²) in [6.45, 7) is 6.53. The van der Waals surface area contributed by atoms with Gasteiger partial charge in [0.25, 0.3) is 0 Å². The van der Waals surface area contributed by atoms with E-state index >= 15 is 0 Å². The Kier molecular flexibility index (Phi) is 12.9. The van der Waals surface area contributed by atoms with Crippen molar-refractivity contribution in [2.45, 2.75) is 25.3 Å². The summed E-state index contributed by atoms with van der Waals surface area (Å²) in [7, 11) is 0. The summed E-state index contributed by atoms with van der Waals surface area (Å²) in [5.74, 6) is 0.977. The van der Waals surface area contributed by atoms with E-state index in [1.807, 2.05) is 6.07 Å². The number of piperazine rings is 1. The molecule has 0 saturated carbocycles. The number of carbonyl (C=O) groups is 1. The van der Waals surface area contributed by atoms with E-state index in [4.69, 9.17) is 0 Å². The molecule has 3 rings (SSSR count). The van der Waals surface area contributed by atoms with Gasteiger partial charge in [-0.15, -0.1) is 37.2 Å². The van der Waals surface area contributed by atoms with E-state index in [1.165, 1.54) is 6.42 Å². The van der Waals surface area contributed by atoms with Gasteiger partial charge in [-0.05, 0) is 25.5 Å². The predicted octanol–water partition coefficient (Wildman–Crippen LogP) is 1.12. The summed E-state index contributed by atoms with van der Waals surface area (Å²) in [5.41, 5.74) is 0. The molecule has 2 fully saturated rings. The number of rotatable bonds is 6. The zero-order valence-electron chi connectivity index (χ0n) is 14.8. The lowest BCUT2D eigenvalue weighted by Crippen LogP contribution is -2.49. The van der Waals surface area contributed by atoms with Crippen LogP contribution in [0.1, 0.15) is 19.3 Å². The number of amides is 1. The fourth-order valence-corrected chi connectivity index (χ4v) is 3.21. The van der Waals surface area contributed by atoms with E-state index in [9.17, 15) is 4.79 Å². The SMILES string of the molecule is Cl.Cl.Cl.O=C(CC1CCCN1)NCCN1CCN(c2ncccn2)CC1. The smallest absolute Gasteiger partial charge is 0.225 e. The summed E-state index contributed by atoms with van der Waals surface area (Å²) >= 11 is 0. The number of carbonyl (C=O) groups excluding carboxylic acids is 1. The van der Waals surface area contributed by atoms with Gasteiger partial charge in [-0.3, -0.25) is 9.69 Å². The third-order valence-electron chi connectivity index (χ3n) is 4.55. The van der Waals surface area contributed by atoms with Crippen molar-refractivity contribution in [1.82, 2.24) is 25.5 Å². The Labute approximate surface area is 173 Å². The van der Waals surface area contributed by atoms with Crippen molar-refractivity contribution in [2.24, 2.45) is 0 Å². The first-order valence-electron chi connectivity index (χ1n) is 8.55. The van der Waals surface area contributed by atoms with Gasteiger partial charge in [0, 0.05) is 64.1 Å². The molecule has 7 nitrogen and oxygen atoms in total. The summed E-state index contributed by atoms with van der Waals surface area (Å²) in [4.78, 5) is 25.1. The maximum Gasteiger partial charge on any atom is 0.225 e. The molecule has 0 radical (unpaired) electrons.